The molecule has 0 spiro atoms. The third kappa shape index (κ3) is 5.66. The quantitative estimate of drug-likeness (QED) is 0.594. The molecule has 0 saturated heterocycles. The van der Waals surface area contributed by atoms with Crippen LogP contribution in [0, 0.1) is 6.92 Å². The summed E-state index contributed by atoms with van der Waals surface area (Å²) in [4.78, 5) is 12.1. The number of carbonyl (C=O) groups excluding carboxylic acids is 1. The number of nitrogens with two attached hydrogens (primary N) is 1. The number of carbonyl (C=O) groups is 1. The molecule has 0 aliphatic carbocycles. The fourth-order valence-electron chi connectivity index (χ4n) is 2.12. The maximum Gasteiger partial charge on any atom is 0.251 e. The second kappa shape index (κ2) is 9.67. The van der Waals surface area contributed by atoms with E-state index in [9.17, 15) is 4.79 Å². The van der Waals surface area contributed by atoms with Gasteiger partial charge >= 0.3 is 0 Å². The molecule has 0 aromatic heterocycles. The number of rotatable bonds is 7. The number of aryl methyl sites for hydroxylation is 1. The largest absolute Gasteiger partial charge is 0.497 e. The molecule has 0 bridgehead atoms. The number of hydrogen-bond acceptors (Lipinski definition) is 4. The van der Waals surface area contributed by atoms with Gasteiger partial charge in [0.2, 0.25) is 0 Å². The molecule has 2 aromatic rings. The van der Waals surface area contributed by atoms with Crippen molar-refractivity contribution in [2.45, 2.75) is 13.3 Å². The van der Waals surface area contributed by atoms with Gasteiger partial charge in [0.05, 0.1) is 13.7 Å². The third-order valence-corrected chi connectivity index (χ3v) is 3.44. The molecule has 2 aromatic carbocycles. The van der Waals surface area contributed by atoms with Gasteiger partial charge < -0.3 is 20.5 Å². The predicted octanol–water partition coefficient (Wildman–Crippen LogP) is 3.21. The summed E-state index contributed by atoms with van der Waals surface area (Å²) in [5.74, 6) is 1.46. The van der Waals surface area contributed by atoms with Gasteiger partial charge in [0, 0.05) is 17.8 Å². The summed E-state index contributed by atoms with van der Waals surface area (Å²) in [6.45, 7) is 2.97. The molecule has 0 radical (unpaired) electrons. The summed E-state index contributed by atoms with van der Waals surface area (Å²) in [7, 11) is 1.63. The Morgan fingerprint density at radius 2 is 1.79 bits per heavy atom. The second-order valence-corrected chi connectivity index (χ2v) is 5.21. The number of hydrogen-bond donors (Lipinski definition) is 2. The van der Waals surface area contributed by atoms with Crippen LogP contribution in [0.15, 0.2) is 42.5 Å². The summed E-state index contributed by atoms with van der Waals surface area (Å²) in [6.07, 6.45) is 0.721. The van der Waals surface area contributed by atoms with Crippen molar-refractivity contribution in [3.05, 3.63) is 53.6 Å². The van der Waals surface area contributed by atoms with E-state index in [1.807, 2.05) is 37.3 Å². The number of ether oxygens (including phenoxy) is 2. The topological polar surface area (TPSA) is 73.6 Å². The van der Waals surface area contributed by atoms with Gasteiger partial charge in [-0.05, 0) is 55.3 Å². The Morgan fingerprint density at radius 1 is 1.12 bits per heavy atom. The molecule has 0 aliphatic heterocycles. The number of halogens is 1. The Hall–Kier alpha value is -2.40. The second-order valence-electron chi connectivity index (χ2n) is 5.21. The molecule has 2 rings (SSSR count). The van der Waals surface area contributed by atoms with Crippen molar-refractivity contribution in [2.75, 3.05) is 26.0 Å². The van der Waals surface area contributed by atoms with Crippen molar-refractivity contribution in [1.82, 2.24) is 5.32 Å². The minimum Gasteiger partial charge on any atom is -0.497 e. The van der Waals surface area contributed by atoms with Gasteiger partial charge in [-0.3, -0.25) is 4.79 Å². The Balaban J connectivity index is 0.00000288. The standard InChI is InChI=1S/C18H22N2O3.ClH/c1-13-4-5-14(19)12-17(13)18(21)20-10-3-11-23-16-8-6-15(22-2)7-9-16;/h4-9,12H,3,10-11,19H2,1-2H3,(H,20,21);1H. The Kier molecular flexibility index (Phi) is 7.92. The van der Waals surface area contributed by atoms with Crippen molar-refractivity contribution in [2.24, 2.45) is 0 Å². The molecule has 0 aliphatic rings. The van der Waals surface area contributed by atoms with Crippen molar-refractivity contribution < 1.29 is 14.3 Å². The van der Waals surface area contributed by atoms with Crippen molar-refractivity contribution in [3.63, 3.8) is 0 Å². The van der Waals surface area contributed by atoms with Crippen LogP contribution in [0.1, 0.15) is 22.3 Å². The predicted molar refractivity (Wildman–Crippen MR) is 98.3 cm³/mol. The van der Waals surface area contributed by atoms with E-state index >= 15 is 0 Å². The van der Waals surface area contributed by atoms with Crippen LogP contribution in [-0.4, -0.2) is 26.2 Å². The summed E-state index contributed by atoms with van der Waals surface area (Å²) in [5, 5.41) is 2.88. The highest BCUT2D eigenvalue weighted by Crippen LogP contribution is 2.17. The van der Waals surface area contributed by atoms with Crippen molar-refractivity contribution >= 4 is 24.0 Å². The fraction of sp³-hybridized carbons (Fsp3) is 0.278. The Labute approximate surface area is 148 Å². The summed E-state index contributed by atoms with van der Waals surface area (Å²) >= 11 is 0. The number of nitrogens with one attached hydrogen (secondary N) is 1. The number of benzene rings is 2. The molecule has 6 heteroatoms. The minimum atomic E-state index is -0.112. The molecule has 24 heavy (non-hydrogen) atoms. The monoisotopic (exact) mass is 350 g/mol. The lowest BCUT2D eigenvalue weighted by atomic mass is 10.1. The maximum absolute atomic E-state index is 12.1. The lowest BCUT2D eigenvalue weighted by molar-refractivity contribution is 0.0951. The number of methoxy groups -OCH3 is 1. The van der Waals surface area contributed by atoms with E-state index in [4.69, 9.17) is 15.2 Å². The van der Waals surface area contributed by atoms with Gasteiger partial charge in [-0.25, -0.2) is 0 Å². The van der Waals surface area contributed by atoms with Crippen molar-refractivity contribution in [3.8, 4) is 11.5 Å². The van der Waals surface area contributed by atoms with Crippen LogP contribution in [0.2, 0.25) is 0 Å². The van der Waals surface area contributed by atoms with Gasteiger partial charge in [0.25, 0.3) is 5.91 Å². The highest BCUT2D eigenvalue weighted by molar-refractivity contribution is 5.96. The van der Waals surface area contributed by atoms with Crippen LogP contribution >= 0.6 is 12.4 Å². The average molecular weight is 351 g/mol. The van der Waals surface area contributed by atoms with E-state index in [1.54, 1.807) is 19.2 Å². The maximum atomic E-state index is 12.1. The number of nitrogen functional groups attached to an aromatic ring is 1. The van der Waals surface area contributed by atoms with Crippen LogP contribution in [0.4, 0.5) is 5.69 Å². The molecule has 1 amide bonds. The zero-order valence-corrected chi connectivity index (χ0v) is 14.7. The SMILES string of the molecule is COc1ccc(OCCCNC(=O)c2cc(N)ccc2C)cc1.Cl. The third-order valence-electron chi connectivity index (χ3n) is 3.44. The van der Waals surface area contributed by atoms with Gasteiger partial charge in [0.15, 0.2) is 0 Å². The van der Waals surface area contributed by atoms with Crippen LogP contribution in [0.25, 0.3) is 0 Å². The van der Waals surface area contributed by atoms with Gasteiger partial charge in [-0.2, -0.15) is 0 Å². The molecule has 0 fully saturated rings. The van der Waals surface area contributed by atoms with E-state index in [-0.39, 0.29) is 18.3 Å². The first-order valence-corrected chi connectivity index (χ1v) is 7.51. The van der Waals surface area contributed by atoms with Crippen LogP contribution in [0.3, 0.4) is 0 Å². The zero-order chi connectivity index (χ0) is 16.7. The van der Waals surface area contributed by atoms with E-state index in [2.05, 4.69) is 5.32 Å². The lowest BCUT2D eigenvalue weighted by Crippen LogP contribution is -2.26. The van der Waals surface area contributed by atoms with Gasteiger partial charge in [0.1, 0.15) is 11.5 Å². The van der Waals surface area contributed by atoms with Crippen LogP contribution < -0.4 is 20.5 Å². The first-order valence-electron chi connectivity index (χ1n) is 7.51. The van der Waals surface area contributed by atoms with Crippen molar-refractivity contribution in [1.29, 1.82) is 0 Å². The van der Waals surface area contributed by atoms with Gasteiger partial charge in [-0.15, -0.1) is 12.4 Å². The Bertz CT molecular complexity index is 660. The minimum absolute atomic E-state index is 0. The smallest absolute Gasteiger partial charge is 0.251 e. The Morgan fingerprint density at radius 3 is 2.46 bits per heavy atom. The highest BCUT2D eigenvalue weighted by Gasteiger charge is 2.08. The summed E-state index contributed by atoms with van der Waals surface area (Å²) < 4.78 is 10.7. The molecule has 0 atom stereocenters. The van der Waals surface area contributed by atoms with E-state index < -0.39 is 0 Å². The summed E-state index contributed by atoms with van der Waals surface area (Å²) in [5.41, 5.74) is 7.83. The van der Waals surface area contributed by atoms with Crippen LogP contribution in [-0.2, 0) is 0 Å². The average Bonchev–Trinajstić information content (AvgIpc) is 2.57. The van der Waals surface area contributed by atoms with Crippen LogP contribution in [0.5, 0.6) is 11.5 Å². The van der Waals surface area contributed by atoms with Gasteiger partial charge in [-0.1, -0.05) is 6.07 Å². The molecule has 0 saturated carbocycles. The van der Waals surface area contributed by atoms with E-state index in [0.717, 1.165) is 23.5 Å². The lowest BCUT2D eigenvalue weighted by Gasteiger charge is -2.09. The van der Waals surface area contributed by atoms with E-state index in [0.29, 0.717) is 24.4 Å². The molecular formula is C18H23ClN2O3. The molecule has 130 valence electrons. The number of anilines is 1. The molecule has 0 unspecified atom stereocenters. The van der Waals surface area contributed by atoms with E-state index in [1.165, 1.54) is 0 Å². The molecule has 3 N–H and O–H groups in total. The first kappa shape index (κ1) is 19.6. The molecule has 5 nitrogen and oxygen atoms in total. The first-order chi connectivity index (χ1) is 11.1. The highest BCUT2D eigenvalue weighted by atomic mass is 35.5. The summed E-state index contributed by atoms with van der Waals surface area (Å²) in [6, 6.07) is 12.7. The molecular weight excluding hydrogens is 328 g/mol. The normalized spacial score (nSPS) is 9.75. The molecule has 0 heterocycles. The number of amides is 1. The zero-order valence-electron chi connectivity index (χ0n) is 13.9. The fourth-order valence-corrected chi connectivity index (χ4v) is 2.12.